The first-order chi connectivity index (χ1) is 11.0. The highest BCUT2D eigenvalue weighted by molar-refractivity contribution is 6.32. The van der Waals surface area contributed by atoms with E-state index in [0.29, 0.717) is 5.69 Å². The van der Waals surface area contributed by atoms with E-state index in [1.54, 1.807) is 7.05 Å². The van der Waals surface area contributed by atoms with Crippen LogP contribution in [0.3, 0.4) is 0 Å². The molecule has 2 rings (SSSR count). The minimum atomic E-state index is -2.94. The Bertz CT molecular complexity index is 668. The molecule has 0 aliphatic carbocycles. The fraction of sp³-hybridized carbons (Fsp3) is 0.188. The van der Waals surface area contributed by atoms with Crippen molar-refractivity contribution < 1.29 is 18.3 Å². The van der Waals surface area contributed by atoms with Gasteiger partial charge in [0, 0.05) is 18.4 Å². The third-order valence-electron chi connectivity index (χ3n) is 3.11. The molecule has 122 valence electrons. The fourth-order valence-corrected chi connectivity index (χ4v) is 2.12. The predicted molar refractivity (Wildman–Crippen MR) is 86.4 cm³/mol. The van der Waals surface area contributed by atoms with E-state index in [-0.39, 0.29) is 23.2 Å². The quantitative estimate of drug-likeness (QED) is 0.863. The van der Waals surface area contributed by atoms with Gasteiger partial charge in [0.15, 0.2) is 0 Å². The summed E-state index contributed by atoms with van der Waals surface area (Å²) in [4.78, 5) is 13.6. The van der Waals surface area contributed by atoms with Crippen LogP contribution in [-0.4, -0.2) is 26.1 Å². The zero-order chi connectivity index (χ0) is 16.8. The van der Waals surface area contributed by atoms with Gasteiger partial charge in [-0.2, -0.15) is 8.78 Å². The van der Waals surface area contributed by atoms with Gasteiger partial charge < -0.3 is 15.0 Å². The molecule has 0 radical (unpaired) electrons. The molecular formula is C16H15ClF2N2O2. The molecule has 0 aromatic heterocycles. The molecule has 2 aromatic carbocycles. The number of halogens is 3. The molecule has 0 atom stereocenters. The van der Waals surface area contributed by atoms with Crippen molar-refractivity contribution in [1.82, 2.24) is 0 Å². The topological polar surface area (TPSA) is 41.6 Å². The van der Waals surface area contributed by atoms with Gasteiger partial charge in [0.1, 0.15) is 5.75 Å². The van der Waals surface area contributed by atoms with Crippen LogP contribution in [0, 0.1) is 0 Å². The molecule has 0 heterocycles. The smallest absolute Gasteiger partial charge is 0.387 e. The summed E-state index contributed by atoms with van der Waals surface area (Å²) in [6.07, 6.45) is 0. The standard InChI is InChI=1S/C16H15ClF2N2O2/c1-21(12-5-3-2-4-6-12)15(22)10-20-11-7-8-14(13(17)9-11)23-16(18)19/h2-9,16,20H,10H2,1H3. The SMILES string of the molecule is CN(C(=O)CNc1ccc(OC(F)F)c(Cl)c1)c1ccccc1. The van der Waals surface area contributed by atoms with Crippen LogP contribution >= 0.6 is 11.6 Å². The van der Waals surface area contributed by atoms with E-state index >= 15 is 0 Å². The second-order valence-electron chi connectivity index (χ2n) is 4.67. The van der Waals surface area contributed by atoms with Crippen molar-refractivity contribution in [2.45, 2.75) is 6.61 Å². The van der Waals surface area contributed by atoms with Crippen LogP contribution in [0.5, 0.6) is 5.75 Å². The summed E-state index contributed by atoms with van der Waals surface area (Å²) in [6.45, 7) is -2.90. The number of hydrogen-bond donors (Lipinski definition) is 1. The minimum Gasteiger partial charge on any atom is -0.433 e. The maximum atomic E-state index is 12.2. The Morgan fingerprint density at radius 1 is 1.26 bits per heavy atom. The Labute approximate surface area is 137 Å². The van der Waals surface area contributed by atoms with E-state index in [1.165, 1.54) is 23.1 Å². The summed E-state index contributed by atoms with van der Waals surface area (Å²) >= 11 is 5.85. The van der Waals surface area contributed by atoms with E-state index in [4.69, 9.17) is 11.6 Å². The average Bonchev–Trinajstić information content (AvgIpc) is 2.54. The highest BCUT2D eigenvalue weighted by Gasteiger charge is 2.12. The van der Waals surface area contributed by atoms with Crippen molar-refractivity contribution in [3.05, 3.63) is 53.6 Å². The number of amides is 1. The van der Waals surface area contributed by atoms with Gasteiger partial charge in [-0.3, -0.25) is 4.79 Å². The molecule has 2 aromatic rings. The van der Waals surface area contributed by atoms with E-state index in [1.807, 2.05) is 30.3 Å². The Balaban J connectivity index is 1.95. The molecule has 0 saturated heterocycles. The first-order valence-corrected chi connectivity index (χ1v) is 7.15. The van der Waals surface area contributed by atoms with Gasteiger partial charge in [-0.05, 0) is 30.3 Å². The van der Waals surface area contributed by atoms with E-state index in [2.05, 4.69) is 10.1 Å². The number of carbonyl (C=O) groups is 1. The molecular weight excluding hydrogens is 326 g/mol. The summed E-state index contributed by atoms with van der Waals surface area (Å²) in [5.41, 5.74) is 1.31. The van der Waals surface area contributed by atoms with Crippen molar-refractivity contribution in [2.24, 2.45) is 0 Å². The number of ether oxygens (including phenoxy) is 1. The van der Waals surface area contributed by atoms with Gasteiger partial charge in [-0.1, -0.05) is 29.8 Å². The highest BCUT2D eigenvalue weighted by Crippen LogP contribution is 2.28. The third kappa shape index (κ3) is 4.82. The average molecular weight is 341 g/mol. The summed E-state index contributed by atoms with van der Waals surface area (Å²) in [5, 5.41) is 2.94. The molecule has 0 fully saturated rings. The first-order valence-electron chi connectivity index (χ1n) is 6.77. The zero-order valence-corrected chi connectivity index (χ0v) is 13.1. The Morgan fingerprint density at radius 2 is 1.96 bits per heavy atom. The van der Waals surface area contributed by atoms with Crippen LogP contribution < -0.4 is 15.0 Å². The van der Waals surface area contributed by atoms with E-state index in [0.717, 1.165) is 5.69 Å². The lowest BCUT2D eigenvalue weighted by atomic mass is 10.3. The lowest BCUT2D eigenvalue weighted by Gasteiger charge is -2.18. The molecule has 0 bridgehead atoms. The van der Waals surface area contributed by atoms with Crippen molar-refractivity contribution in [3.8, 4) is 5.75 Å². The predicted octanol–water partition coefficient (Wildman–Crippen LogP) is 4.02. The van der Waals surface area contributed by atoms with Crippen molar-refractivity contribution in [2.75, 3.05) is 23.8 Å². The van der Waals surface area contributed by atoms with Crippen LogP contribution in [0.15, 0.2) is 48.5 Å². The Kier molecular flexibility index (Phi) is 5.76. The Hall–Kier alpha value is -2.34. The Morgan fingerprint density at radius 3 is 2.57 bits per heavy atom. The van der Waals surface area contributed by atoms with Crippen LogP contribution in [0.2, 0.25) is 5.02 Å². The van der Waals surface area contributed by atoms with Gasteiger partial charge in [0.2, 0.25) is 5.91 Å². The maximum absolute atomic E-state index is 12.2. The lowest BCUT2D eigenvalue weighted by Crippen LogP contribution is -2.32. The number of nitrogens with one attached hydrogen (secondary N) is 1. The minimum absolute atomic E-state index is 0.0385. The molecule has 0 unspecified atom stereocenters. The van der Waals surface area contributed by atoms with Gasteiger partial charge in [0.05, 0.1) is 11.6 Å². The van der Waals surface area contributed by atoms with Crippen LogP contribution in [0.1, 0.15) is 0 Å². The third-order valence-corrected chi connectivity index (χ3v) is 3.40. The number of hydrogen-bond acceptors (Lipinski definition) is 3. The lowest BCUT2D eigenvalue weighted by molar-refractivity contribution is -0.116. The fourth-order valence-electron chi connectivity index (χ4n) is 1.89. The second-order valence-corrected chi connectivity index (χ2v) is 5.07. The monoisotopic (exact) mass is 340 g/mol. The first kappa shape index (κ1) is 17.0. The summed E-state index contributed by atoms with van der Waals surface area (Å²) in [5.74, 6) is -0.264. The number of likely N-dealkylation sites (N-methyl/N-ethyl adjacent to an activating group) is 1. The summed E-state index contributed by atoms with van der Waals surface area (Å²) in [6, 6.07) is 13.5. The number of benzene rings is 2. The normalized spacial score (nSPS) is 10.5. The molecule has 0 spiro atoms. The zero-order valence-electron chi connectivity index (χ0n) is 12.3. The molecule has 1 amide bonds. The van der Waals surface area contributed by atoms with Crippen LogP contribution in [0.25, 0.3) is 0 Å². The van der Waals surface area contributed by atoms with E-state index in [9.17, 15) is 13.6 Å². The molecule has 23 heavy (non-hydrogen) atoms. The van der Waals surface area contributed by atoms with Crippen molar-refractivity contribution in [1.29, 1.82) is 0 Å². The number of carbonyl (C=O) groups excluding carboxylic acids is 1. The van der Waals surface area contributed by atoms with Gasteiger partial charge in [0.25, 0.3) is 0 Å². The van der Waals surface area contributed by atoms with Crippen LogP contribution in [0.4, 0.5) is 20.2 Å². The summed E-state index contributed by atoms with van der Waals surface area (Å²) in [7, 11) is 1.67. The van der Waals surface area contributed by atoms with E-state index < -0.39 is 6.61 Å². The molecule has 1 N–H and O–H groups in total. The number of anilines is 2. The number of nitrogens with zero attached hydrogens (tertiary/aromatic N) is 1. The van der Waals surface area contributed by atoms with Gasteiger partial charge >= 0.3 is 6.61 Å². The number of para-hydroxylation sites is 1. The largest absolute Gasteiger partial charge is 0.433 e. The van der Waals surface area contributed by atoms with Gasteiger partial charge in [-0.25, -0.2) is 0 Å². The molecule has 4 nitrogen and oxygen atoms in total. The second kappa shape index (κ2) is 7.78. The number of alkyl halides is 2. The maximum Gasteiger partial charge on any atom is 0.387 e. The van der Waals surface area contributed by atoms with Crippen molar-refractivity contribution >= 4 is 28.9 Å². The van der Waals surface area contributed by atoms with Crippen molar-refractivity contribution in [3.63, 3.8) is 0 Å². The molecule has 7 heteroatoms. The van der Waals surface area contributed by atoms with Crippen LogP contribution in [-0.2, 0) is 4.79 Å². The molecule has 0 aliphatic heterocycles. The molecule has 0 aliphatic rings. The van der Waals surface area contributed by atoms with Gasteiger partial charge in [-0.15, -0.1) is 0 Å². The summed E-state index contributed by atoms with van der Waals surface area (Å²) < 4.78 is 28.6. The number of rotatable bonds is 6. The molecule has 0 saturated carbocycles. The highest BCUT2D eigenvalue weighted by atomic mass is 35.5.